The Hall–Kier alpha value is -0.120. The number of aliphatic hydroxyl groups is 1. The van der Waals surface area contributed by atoms with Gasteiger partial charge in [0, 0.05) is 18.6 Å². The topological polar surface area (TPSA) is 35.5 Å². The SMILES string of the molecule is CCNC(CC)(CO)CCCN(CC1CC1)CC1CC1. The summed E-state index contributed by atoms with van der Waals surface area (Å²) in [5.41, 5.74) is -0.0421. The molecule has 1 unspecified atom stereocenters. The molecule has 2 aliphatic rings. The van der Waals surface area contributed by atoms with E-state index in [2.05, 4.69) is 24.1 Å². The van der Waals surface area contributed by atoms with Gasteiger partial charge in [-0.1, -0.05) is 13.8 Å². The van der Waals surface area contributed by atoms with Crippen LogP contribution in [0.3, 0.4) is 0 Å². The first-order valence-electron chi connectivity index (χ1n) is 8.79. The van der Waals surface area contributed by atoms with Crippen LogP contribution in [0.2, 0.25) is 0 Å². The van der Waals surface area contributed by atoms with Crippen LogP contribution in [-0.2, 0) is 0 Å². The van der Waals surface area contributed by atoms with E-state index in [9.17, 15) is 5.11 Å². The van der Waals surface area contributed by atoms with E-state index in [-0.39, 0.29) is 12.1 Å². The molecule has 0 radical (unpaired) electrons. The van der Waals surface area contributed by atoms with E-state index in [0.29, 0.717) is 0 Å². The van der Waals surface area contributed by atoms with E-state index >= 15 is 0 Å². The molecule has 2 rings (SSSR count). The van der Waals surface area contributed by atoms with E-state index in [1.807, 2.05) is 0 Å². The Morgan fingerprint density at radius 2 is 1.70 bits per heavy atom. The first kappa shape index (κ1) is 16.3. The van der Waals surface area contributed by atoms with Gasteiger partial charge in [0.25, 0.3) is 0 Å². The molecular weight excluding hydrogens is 248 g/mol. The second-order valence-electron chi connectivity index (χ2n) is 7.07. The molecule has 2 aliphatic carbocycles. The highest BCUT2D eigenvalue weighted by atomic mass is 16.3. The maximum Gasteiger partial charge on any atom is 0.0613 e. The van der Waals surface area contributed by atoms with Crippen molar-refractivity contribution in [3.8, 4) is 0 Å². The van der Waals surface area contributed by atoms with Crippen LogP contribution in [0, 0.1) is 11.8 Å². The standard InChI is InChI=1S/C17H34N2O/c1-3-17(14-20,18-4-2)10-5-11-19(12-15-6-7-15)13-16-8-9-16/h15-16,18,20H,3-14H2,1-2H3. The van der Waals surface area contributed by atoms with Gasteiger partial charge in [0.15, 0.2) is 0 Å². The Balaban J connectivity index is 1.71. The normalized spacial score (nSPS) is 22.2. The smallest absolute Gasteiger partial charge is 0.0613 e. The molecule has 0 spiro atoms. The van der Waals surface area contributed by atoms with E-state index in [1.54, 1.807) is 0 Å². The van der Waals surface area contributed by atoms with E-state index < -0.39 is 0 Å². The van der Waals surface area contributed by atoms with Gasteiger partial charge in [-0.15, -0.1) is 0 Å². The van der Waals surface area contributed by atoms with Crippen LogP contribution in [0.25, 0.3) is 0 Å². The van der Waals surface area contributed by atoms with Crippen molar-refractivity contribution < 1.29 is 5.11 Å². The van der Waals surface area contributed by atoms with Crippen LogP contribution in [-0.4, -0.2) is 48.3 Å². The van der Waals surface area contributed by atoms with Crippen molar-refractivity contribution in [3.05, 3.63) is 0 Å². The lowest BCUT2D eigenvalue weighted by atomic mass is 9.91. The Labute approximate surface area is 125 Å². The monoisotopic (exact) mass is 282 g/mol. The molecule has 3 heteroatoms. The van der Waals surface area contributed by atoms with Crippen molar-refractivity contribution in [2.24, 2.45) is 11.8 Å². The number of likely N-dealkylation sites (N-methyl/N-ethyl adjacent to an activating group) is 1. The highest BCUT2D eigenvalue weighted by molar-refractivity contribution is 4.87. The summed E-state index contributed by atoms with van der Waals surface area (Å²) >= 11 is 0. The molecule has 0 saturated heterocycles. The molecule has 0 heterocycles. The molecule has 2 saturated carbocycles. The van der Waals surface area contributed by atoms with Crippen molar-refractivity contribution in [2.75, 3.05) is 32.8 Å². The quantitative estimate of drug-likeness (QED) is 0.577. The summed E-state index contributed by atoms with van der Waals surface area (Å²) < 4.78 is 0. The first-order chi connectivity index (χ1) is 9.71. The lowest BCUT2D eigenvalue weighted by Gasteiger charge is -2.33. The molecule has 2 N–H and O–H groups in total. The number of hydrogen-bond donors (Lipinski definition) is 2. The average molecular weight is 282 g/mol. The van der Waals surface area contributed by atoms with Gasteiger partial charge >= 0.3 is 0 Å². The fourth-order valence-corrected chi connectivity index (χ4v) is 3.24. The van der Waals surface area contributed by atoms with Gasteiger partial charge in [-0.25, -0.2) is 0 Å². The van der Waals surface area contributed by atoms with Crippen molar-refractivity contribution in [1.82, 2.24) is 10.2 Å². The zero-order valence-corrected chi connectivity index (χ0v) is 13.5. The van der Waals surface area contributed by atoms with E-state index in [1.165, 1.54) is 51.7 Å². The summed E-state index contributed by atoms with van der Waals surface area (Å²) in [6, 6.07) is 0. The Morgan fingerprint density at radius 1 is 1.10 bits per heavy atom. The summed E-state index contributed by atoms with van der Waals surface area (Å²) in [6.45, 7) is 9.41. The molecule has 0 aliphatic heterocycles. The van der Waals surface area contributed by atoms with E-state index in [4.69, 9.17) is 0 Å². The number of rotatable bonds is 12. The highest BCUT2D eigenvalue weighted by Gasteiger charge is 2.30. The predicted octanol–water partition coefficient (Wildman–Crippen LogP) is 2.64. The lowest BCUT2D eigenvalue weighted by molar-refractivity contribution is 0.138. The first-order valence-corrected chi connectivity index (χ1v) is 8.79. The number of aliphatic hydroxyl groups excluding tert-OH is 1. The van der Waals surface area contributed by atoms with Crippen LogP contribution in [0.5, 0.6) is 0 Å². The summed E-state index contributed by atoms with van der Waals surface area (Å²) in [5, 5.41) is 13.2. The molecule has 0 aromatic carbocycles. The van der Waals surface area contributed by atoms with Crippen LogP contribution in [0.1, 0.15) is 58.8 Å². The fourth-order valence-electron chi connectivity index (χ4n) is 3.24. The zero-order chi connectivity index (χ0) is 14.4. The summed E-state index contributed by atoms with van der Waals surface area (Å²) in [5.74, 6) is 1.99. The van der Waals surface area contributed by atoms with Crippen molar-refractivity contribution in [1.29, 1.82) is 0 Å². The number of nitrogens with one attached hydrogen (secondary N) is 1. The zero-order valence-electron chi connectivity index (χ0n) is 13.5. The van der Waals surface area contributed by atoms with Gasteiger partial charge in [0.1, 0.15) is 0 Å². The second kappa shape index (κ2) is 7.77. The van der Waals surface area contributed by atoms with Crippen LogP contribution >= 0.6 is 0 Å². The molecule has 2 fully saturated rings. The number of hydrogen-bond acceptors (Lipinski definition) is 3. The van der Waals surface area contributed by atoms with Gasteiger partial charge in [-0.05, 0) is 69.9 Å². The molecule has 118 valence electrons. The second-order valence-corrected chi connectivity index (χ2v) is 7.07. The predicted molar refractivity (Wildman–Crippen MR) is 84.9 cm³/mol. The minimum absolute atomic E-state index is 0.0421. The summed E-state index contributed by atoms with van der Waals surface area (Å²) in [6.07, 6.45) is 9.13. The number of nitrogens with zero attached hydrogens (tertiary/aromatic N) is 1. The molecular formula is C17H34N2O. The van der Waals surface area contributed by atoms with Gasteiger partial charge in [0.05, 0.1) is 6.61 Å². The molecule has 0 amide bonds. The van der Waals surface area contributed by atoms with E-state index in [0.717, 1.165) is 31.2 Å². The highest BCUT2D eigenvalue weighted by Crippen LogP contribution is 2.34. The van der Waals surface area contributed by atoms with Crippen molar-refractivity contribution in [2.45, 2.75) is 64.3 Å². The largest absolute Gasteiger partial charge is 0.394 e. The van der Waals surface area contributed by atoms with Crippen molar-refractivity contribution >= 4 is 0 Å². The van der Waals surface area contributed by atoms with Crippen LogP contribution in [0.15, 0.2) is 0 Å². The minimum Gasteiger partial charge on any atom is -0.394 e. The lowest BCUT2D eigenvalue weighted by Crippen LogP contribution is -2.48. The molecule has 0 bridgehead atoms. The molecule has 0 aromatic heterocycles. The van der Waals surface area contributed by atoms with Gasteiger partial charge in [-0.3, -0.25) is 0 Å². The van der Waals surface area contributed by atoms with Crippen molar-refractivity contribution in [3.63, 3.8) is 0 Å². The fraction of sp³-hybridized carbons (Fsp3) is 1.00. The molecule has 20 heavy (non-hydrogen) atoms. The minimum atomic E-state index is -0.0421. The van der Waals surface area contributed by atoms with Gasteiger partial charge in [-0.2, -0.15) is 0 Å². The molecule has 3 nitrogen and oxygen atoms in total. The Morgan fingerprint density at radius 3 is 2.10 bits per heavy atom. The maximum absolute atomic E-state index is 9.71. The van der Waals surface area contributed by atoms with Gasteiger partial charge < -0.3 is 15.3 Å². The third-order valence-electron chi connectivity index (χ3n) is 5.09. The average Bonchev–Trinajstić information content (AvgIpc) is 3.34. The molecule has 1 atom stereocenters. The third-order valence-corrected chi connectivity index (χ3v) is 5.09. The Bertz CT molecular complexity index is 256. The molecule has 0 aromatic rings. The van der Waals surface area contributed by atoms with Gasteiger partial charge in [0.2, 0.25) is 0 Å². The van der Waals surface area contributed by atoms with Crippen LogP contribution < -0.4 is 5.32 Å². The summed E-state index contributed by atoms with van der Waals surface area (Å²) in [4.78, 5) is 2.71. The Kier molecular flexibility index (Phi) is 6.31. The summed E-state index contributed by atoms with van der Waals surface area (Å²) in [7, 11) is 0. The third kappa shape index (κ3) is 5.34. The van der Waals surface area contributed by atoms with Crippen LogP contribution in [0.4, 0.5) is 0 Å². The maximum atomic E-state index is 9.71.